The summed E-state index contributed by atoms with van der Waals surface area (Å²) in [5, 5.41) is 3.86. The van der Waals surface area contributed by atoms with Crippen LogP contribution in [-0.4, -0.2) is 5.54 Å². The molecule has 0 spiro atoms. The van der Waals surface area contributed by atoms with Gasteiger partial charge in [0.05, 0.1) is 0 Å². The highest BCUT2D eigenvalue weighted by Gasteiger charge is 2.28. The average Bonchev–Trinajstić information content (AvgIpc) is 2.05. The van der Waals surface area contributed by atoms with Crippen LogP contribution in [0.4, 0.5) is 0 Å². The van der Waals surface area contributed by atoms with Gasteiger partial charge in [-0.25, -0.2) is 0 Å². The lowest BCUT2D eigenvalue weighted by Gasteiger charge is -2.31. The molecule has 3 nitrogen and oxygen atoms in total. The number of hydrogen-bond acceptors (Lipinski definition) is 1. The normalized spacial score (nSPS) is 23.3. The molecule has 0 fully saturated rings. The second kappa shape index (κ2) is 3.84. The van der Waals surface area contributed by atoms with Crippen LogP contribution in [0.3, 0.4) is 0 Å². The minimum Gasteiger partial charge on any atom is -0.0875 e. The summed E-state index contributed by atoms with van der Waals surface area (Å²) >= 11 is 0. The van der Waals surface area contributed by atoms with Gasteiger partial charge in [-0.15, -0.1) is 0 Å². The van der Waals surface area contributed by atoms with Crippen LogP contribution in [0.1, 0.15) is 40.0 Å². The van der Waals surface area contributed by atoms with Crippen LogP contribution in [-0.2, 0) is 0 Å². The fraction of sp³-hybridized carbons (Fsp3) is 0.800. The minimum atomic E-state index is -0.230. The Morgan fingerprint density at radius 1 is 1.62 bits per heavy atom. The maximum Gasteiger partial charge on any atom is 0.0463 e. The number of nitrogens with zero attached hydrogens (tertiary/aromatic N) is 3. The van der Waals surface area contributed by atoms with E-state index >= 15 is 0 Å². The Labute approximate surface area is 79.5 Å². The lowest BCUT2D eigenvalue weighted by atomic mass is 9.78. The van der Waals surface area contributed by atoms with Gasteiger partial charge in [0.1, 0.15) is 0 Å². The quantitative estimate of drug-likeness (QED) is 0.268. The molecule has 0 saturated carbocycles. The first-order valence-corrected chi connectivity index (χ1v) is 4.78. The van der Waals surface area contributed by atoms with Gasteiger partial charge >= 0.3 is 0 Å². The van der Waals surface area contributed by atoms with E-state index in [-0.39, 0.29) is 5.54 Å². The van der Waals surface area contributed by atoms with Crippen molar-refractivity contribution in [3.8, 4) is 0 Å². The van der Waals surface area contributed by atoms with Crippen LogP contribution in [0.15, 0.2) is 16.8 Å². The predicted molar refractivity (Wildman–Crippen MR) is 54.3 cm³/mol. The van der Waals surface area contributed by atoms with E-state index < -0.39 is 0 Å². The summed E-state index contributed by atoms with van der Waals surface area (Å²) in [4.78, 5) is 2.91. The molecule has 0 saturated heterocycles. The maximum absolute atomic E-state index is 8.43. The van der Waals surface area contributed by atoms with Crippen molar-refractivity contribution in [3.05, 3.63) is 22.1 Å². The molecule has 0 aliphatic heterocycles. The molecule has 0 radical (unpaired) electrons. The number of allylic oxidation sites excluding steroid dienone is 2. The maximum atomic E-state index is 8.43. The fourth-order valence-electron chi connectivity index (χ4n) is 1.80. The Kier molecular flexibility index (Phi) is 2.99. The van der Waals surface area contributed by atoms with E-state index in [2.05, 4.69) is 23.0 Å². The number of hydrogen-bond donors (Lipinski definition) is 0. The van der Waals surface area contributed by atoms with Crippen LogP contribution in [0, 0.1) is 5.92 Å². The monoisotopic (exact) mass is 179 g/mol. The molecule has 0 aromatic carbocycles. The minimum absolute atomic E-state index is 0.230. The van der Waals surface area contributed by atoms with Gasteiger partial charge in [-0.1, -0.05) is 30.6 Å². The van der Waals surface area contributed by atoms with E-state index in [0.29, 0.717) is 5.92 Å². The molecule has 3 heteroatoms. The van der Waals surface area contributed by atoms with Crippen LogP contribution < -0.4 is 0 Å². The summed E-state index contributed by atoms with van der Waals surface area (Å²) in [5.41, 5.74) is 9.66. The van der Waals surface area contributed by atoms with Crippen LogP contribution in [0.5, 0.6) is 0 Å². The largest absolute Gasteiger partial charge is 0.0875 e. The average molecular weight is 179 g/mol. The third kappa shape index (κ3) is 2.49. The molecule has 72 valence electrons. The summed E-state index contributed by atoms with van der Waals surface area (Å²) in [6.45, 7) is 6.20. The highest BCUT2D eigenvalue weighted by Crippen LogP contribution is 2.34. The van der Waals surface area contributed by atoms with Gasteiger partial charge in [0, 0.05) is 10.5 Å². The molecule has 0 aromatic heterocycles. The standard InChI is InChI=1S/C10H17N3/c1-8-4-6-9(7-5-8)10(2,3)12-13-11/h4,9H,5-7H2,1-3H3. The first-order chi connectivity index (χ1) is 6.06. The van der Waals surface area contributed by atoms with Gasteiger partial charge < -0.3 is 0 Å². The molecular formula is C10H17N3. The van der Waals surface area contributed by atoms with Crippen LogP contribution >= 0.6 is 0 Å². The van der Waals surface area contributed by atoms with Gasteiger partial charge in [0.15, 0.2) is 0 Å². The van der Waals surface area contributed by atoms with E-state index in [9.17, 15) is 0 Å². The Balaban J connectivity index is 2.69. The van der Waals surface area contributed by atoms with Gasteiger partial charge in [0.2, 0.25) is 0 Å². The lowest BCUT2D eigenvalue weighted by Crippen LogP contribution is -2.29. The zero-order chi connectivity index (χ0) is 9.90. The molecular weight excluding hydrogens is 162 g/mol. The van der Waals surface area contributed by atoms with Crippen molar-refractivity contribution in [2.24, 2.45) is 11.0 Å². The van der Waals surface area contributed by atoms with Crippen LogP contribution in [0.2, 0.25) is 0 Å². The number of rotatable bonds is 2. The highest BCUT2D eigenvalue weighted by molar-refractivity contribution is 5.06. The van der Waals surface area contributed by atoms with E-state index in [1.165, 1.54) is 5.57 Å². The zero-order valence-electron chi connectivity index (χ0n) is 8.62. The molecule has 1 unspecified atom stereocenters. The lowest BCUT2D eigenvalue weighted by molar-refractivity contribution is 0.294. The van der Waals surface area contributed by atoms with E-state index in [0.717, 1.165) is 19.3 Å². The summed E-state index contributed by atoms with van der Waals surface area (Å²) in [7, 11) is 0. The Morgan fingerprint density at radius 3 is 2.77 bits per heavy atom. The molecule has 1 aliphatic rings. The molecule has 0 heterocycles. The predicted octanol–water partition coefficient (Wildman–Crippen LogP) is 3.82. The van der Waals surface area contributed by atoms with Gasteiger partial charge in [0.25, 0.3) is 0 Å². The van der Waals surface area contributed by atoms with Gasteiger partial charge in [-0.3, -0.25) is 0 Å². The fourth-order valence-corrected chi connectivity index (χ4v) is 1.80. The first kappa shape index (κ1) is 10.1. The molecule has 13 heavy (non-hydrogen) atoms. The van der Waals surface area contributed by atoms with Crippen molar-refractivity contribution < 1.29 is 0 Å². The van der Waals surface area contributed by atoms with Gasteiger partial charge in [-0.05, 0) is 37.6 Å². The third-order valence-corrected chi connectivity index (χ3v) is 2.94. The van der Waals surface area contributed by atoms with Crippen LogP contribution in [0.25, 0.3) is 10.4 Å². The Morgan fingerprint density at radius 2 is 2.31 bits per heavy atom. The molecule has 0 aromatic rings. The summed E-state index contributed by atoms with van der Waals surface area (Å²) < 4.78 is 0. The smallest absolute Gasteiger partial charge is 0.0463 e. The van der Waals surface area contributed by atoms with Gasteiger partial charge in [-0.2, -0.15) is 0 Å². The summed E-state index contributed by atoms with van der Waals surface area (Å²) in [5.74, 6) is 0.507. The van der Waals surface area contributed by atoms with E-state index in [1.54, 1.807) is 0 Å². The second-order valence-electron chi connectivity index (χ2n) is 4.36. The van der Waals surface area contributed by atoms with E-state index in [4.69, 9.17) is 5.53 Å². The molecule has 0 bridgehead atoms. The third-order valence-electron chi connectivity index (χ3n) is 2.94. The molecule has 0 amide bonds. The highest BCUT2D eigenvalue weighted by atomic mass is 15.2. The van der Waals surface area contributed by atoms with Crippen molar-refractivity contribution in [2.45, 2.75) is 45.6 Å². The number of azide groups is 1. The van der Waals surface area contributed by atoms with Crippen molar-refractivity contribution in [1.82, 2.24) is 0 Å². The van der Waals surface area contributed by atoms with E-state index in [1.807, 2.05) is 13.8 Å². The molecule has 1 rings (SSSR count). The van der Waals surface area contributed by atoms with Crippen molar-refractivity contribution in [1.29, 1.82) is 0 Å². The first-order valence-electron chi connectivity index (χ1n) is 4.78. The Hall–Kier alpha value is -0.950. The summed E-state index contributed by atoms with van der Waals surface area (Å²) in [6.07, 6.45) is 5.62. The van der Waals surface area contributed by atoms with Crippen molar-refractivity contribution in [2.75, 3.05) is 0 Å². The zero-order valence-corrected chi connectivity index (χ0v) is 8.62. The van der Waals surface area contributed by atoms with Crippen molar-refractivity contribution in [3.63, 3.8) is 0 Å². The molecule has 0 N–H and O–H groups in total. The molecule has 1 aliphatic carbocycles. The summed E-state index contributed by atoms with van der Waals surface area (Å²) in [6, 6.07) is 0. The molecule has 1 atom stereocenters. The van der Waals surface area contributed by atoms with Crippen molar-refractivity contribution >= 4 is 0 Å². The topological polar surface area (TPSA) is 48.8 Å². The second-order valence-corrected chi connectivity index (χ2v) is 4.36. The SMILES string of the molecule is CC1=CCC(C(C)(C)N=[N+]=[N-])CC1. The Bertz CT molecular complexity index is 259.